The predicted octanol–water partition coefficient (Wildman–Crippen LogP) is 0.655. The smallest absolute Gasteiger partial charge is 0.261 e. The summed E-state index contributed by atoms with van der Waals surface area (Å²) < 4.78 is 0. The molecule has 4 aliphatic heterocycles. The van der Waals surface area contributed by atoms with Crippen molar-refractivity contribution in [3.8, 4) is 24.3 Å². The molecule has 0 aromatic carbocycles. The van der Waals surface area contributed by atoms with Gasteiger partial charge in [-0.05, 0) is 25.7 Å². The molecule has 36 heavy (non-hydrogen) atoms. The Hall–Kier alpha value is -4.10. The summed E-state index contributed by atoms with van der Waals surface area (Å²) in [5, 5.41) is 48.3. The number of nitriles is 4. The van der Waals surface area contributed by atoms with E-state index >= 15 is 0 Å². The highest BCUT2D eigenvalue weighted by molar-refractivity contribution is 5.87. The molecule has 0 radical (unpaired) electrons. The van der Waals surface area contributed by atoms with E-state index < -0.39 is 45.8 Å². The largest absolute Gasteiger partial charge is 0.350 e. The highest BCUT2D eigenvalue weighted by atomic mass is 16.2. The Labute approximate surface area is 208 Å². The molecule has 2 atom stereocenters. The number of allylic oxidation sites excluding steroid dienone is 2. The molecule has 0 bridgehead atoms. The molecule has 2 spiro atoms. The molecule has 1 saturated carbocycles. The second-order valence-corrected chi connectivity index (χ2v) is 11.2. The Morgan fingerprint density at radius 3 is 1.31 bits per heavy atom. The van der Waals surface area contributed by atoms with Crippen LogP contribution in [-0.2, 0) is 9.59 Å². The third-order valence-corrected chi connectivity index (χ3v) is 8.39. The van der Waals surface area contributed by atoms with Gasteiger partial charge in [-0.2, -0.15) is 21.0 Å². The lowest BCUT2D eigenvalue weighted by Gasteiger charge is -2.42. The molecule has 2 saturated heterocycles. The molecule has 2 amide bonds. The molecular formula is C24H26N10O2. The van der Waals surface area contributed by atoms with Gasteiger partial charge in [0.2, 0.25) is 0 Å². The fourth-order valence-corrected chi connectivity index (χ4v) is 6.02. The summed E-state index contributed by atoms with van der Waals surface area (Å²) in [5.74, 6) is -2.05. The lowest BCUT2D eigenvalue weighted by molar-refractivity contribution is -0.140. The van der Waals surface area contributed by atoms with Crippen molar-refractivity contribution in [2.45, 2.75) is 64.7 Å². The summed E-state index contributed by atoms with van der Waals surface area (Å²) in [6.45, 7) is 6.89. The van der Waals surface area contributed by atoms with Crippen LogP contribution in [0, 0.1) is 68.0 Å². The van der Waals surface area contributed by atoms with E-state index in [1.165, 1.54) is 10.0 Å². The monoisotopic (exact) mass is 486 g/mol. The van der Waals surface area contributed by atoms with Gasteiger partial charge in [0, 0.05) is 10.8 Å². The van der Waals surface area contributed by atoms with Crippen molar-refractivity contribution in [2.24, 2.45) is 22.7 Å². The number of fused-ring (bicyclic) bond motifs is 2. The maximum Gasteiger partial charge on any atom is 0.261 e. The number of carbonyl (C=O) groups excluding carboxylic acids is 2. The average Bonchev–Trinajstić information content (AvgIpc) is 3.36. The van der Waals surface area contributed by atoms with Crippen molar-refractivity contribution in [3.05, 3.63) is 22.8 Å². The number of hydrogen-bond acceptors (Lipinski definition) is 10. The number of hydrazine groups is 2. The summed E-state index contributed by atoms with van der Waals surface area (Å²) in [6, 6.07) is 8.48. The molecule has 1 aliphatic carbocycles. The summed E-state index contributed by atoms with van der Waals surface area (Å²) >= 11 is 0. The van der Waals surface area contributed by atoms with Gasteiger partial charge in [0.1, 0.15) is 34.8 Å². The van der Waals surface area contributed by atoms with Crippen LogP contribution in [0.15, 0.2) is 22.8 Å². The van der Waals surface area contributed by atoms with Gasteiger partial charge < -0.3 is 10.6 Å². The molecule has 4 heterocycles. The van der Waals surface area contributed by atoms with Crippen LogP contribution in [0.25, 0.3) is 0 Å². The first kappa shape index (κ1) is 23.6. The van der Waals surface area contributed by atoms with E-state index in [-0.39, 0.29) is 0 Å². The fraction of sp³-hybridized carbons (Fsp3) is 0.583. The summed E-state index contributed by atoms with van der Waals surface area (Å²) in [7, 11) is 0. The number of carbonyl (C=O) groups is 2. The number of nitrogens with one attached hydrogen (secondary N) is 4. The van der Waals surface area contributed by atoms with Crippen molar-refractivity contribution in [3.63, 3.8) is 0 Å². The van der Waals surface area contributed by atoms with E-state index in [0.717, 1.165) is 0 Å². The zero-order chi connectivity index (χ0) is 26.3. The van der Waals surface area contributed by atoms with Crippen molar-refractivity contribution in [1.82, 2.24) is 31.5 Å². The zero-order valence-corrected chi connectivity index (χ0v) is 20.5. The molecule has 5 rings (SSSR count). The predicted molar refractivity (Wildman–Crippen MR) is 121 cm³/mol. The Morgan fingerprint density at radius 2 is 1.03 bits per heavy atom. The van der Waals surface area contributed by atoms with Gasteiger partial charge in [-0.25, -0.2) is 20.9 Å². The first-order valence-corrected chi connectivity index (χ1v) is 11.8. The number of hydrogen-bond donors (Lipinski definition) is 4. The molecule has 5 aliphatic rings. The summed E-state index contributed by atoms with van der Waals surface area (Å²) in [5.41, 5.74) is 3.79. The summed E-state index contributed by atoms with van der Waals surface area (Å²) in [6.07, 6.45) is 2.00. The van der Waals surface area contributed by atoms with Crippen molar-refractivity contribution in [1.29, 1.82) is 21.0 Å². The molecular weight excluding hydrogens is 460 g/mol. The first-order chi connectivity index (χ1) is 16.9. The molecule has 4 N–H and O–H groups in total. The van der Waals surface area contributed by atoms with Gasteiger partial charge in [0.05, 0.1) is 35.4 Å². The average molecular weight is 487 g/mol. The van der Waals surface area contributed by atoms with E-state index in [4.69, 9.17) is 0 Å². The second-order valence-electron chi connectivity index (χ2n) is 11.2. The SMILES string of the molecule is CC1(C)C(C#N)=C2NC3(CCC4(CC3)NC3=C(C#N)C(C)(C)C(C#N)C(=O)N3N4)NN2C(=O)C1C#N. The zero-order valence-electron chi connectivity index (χ0n) is 20.5. The van der Waals surface area contributed by atoms with E-state index in [2.05, 4.69) is 45.8 Å². The van der Waals surface area contributed by atoms with E-state index in [1.807, 2.05) is 0 Å². The Bertz CT molecular complexity index is 1220. The highest BCUT2D eigenvalue weighted by Gasteiger charge is 2.59. The first-order valence-electron chi connectivity index (χ1n) is 11.8. The maximum atomic E-state index is 13.1. The molecule has 184 valence electrons. The van der Waals surface area contributed by atoms with Crippen molar-refractivity contribution in [2.75, 3.05) is 0 Å². The Kier molecular flexibility index (Phi) is 4.73. The van der Waals surface area contributed by atoms with Gasteiger partial charge in [0.25, 0.3) is 11.8 Å². The number of amides is 2. The van der Waals surface area contributed by atoms with Crippen LogP contribution in [0.5, 0.6) is 0 Å². The minimum absolute atomic E-state index is 0.340. The maximum absolute atomic E-state index is 13.1. The molecule has 12 heteroatoms. The Morgan fingerprint density at radius 1 is 0.694 bits per heavy atom. The van der Waals surface area contributed by atoms with Crippen molar-refractivity contribution < 1.29 is 9.59 Å². The van der Waals surface area contributed by atoms with E-state index in [0.29, 0.717) is 48.5 Å². The minimum Gasteiger partial charge on any atom is -0.350 e. The highest BCUT2D eigenvalue weighted by Crippen LogP contribution is 2.48. The third-order valence-electron chi connectivity index (χ3n) is 8.39. The van der Waals surface area contributed by atoms with Crippen LogP contribution in [0.4, 0.5) is 0 Å². The lowest BCUT2D eigenvalue weighted by Crippen LogP contribution is -2.62. The molecule has 0 aromatic rings. The fourth-order valence-electron chi connectivity index (χ4n) is 6.02. The number of rotatable bonds is 0. The molecule has 3 fully saturated rings. The minimum atomic E-state index is -0.997. The van der Waals surface area contributed by atoms with Gasteiger partial charge in [-0.3, -0.25) is 9.59 Å². The van der Waals surface area contributed by atoms with Crippen LogP contribution in [0.2, 0.25) is 0 Å². The second kappa shape index (κ2) is 7.21. The van der Waals surface area contributed by atoms with Crippen LogP contribution < -0.4 is 21.5 Å². The van der Waals surface area contributed by atoms with Crippen LogP contribution >= 0.6 is 0 Å². The van der Waals surface area contributed by atoms with Gasteiger partial charge in [-0.15, -0.1) is 0 Å². The van der Waals surface area contributed by atoms with Crippen molar-refractivity contribution >= 4 is 11.8 Å². The third kappa shape index (κ3) is 2.83. The normalized spacial score (nSPS) is 35.9. The van der Waals surface area contributed by atoms with Crippen LogP contribution in [0.1, 0.15) is 53.4 Å². The standard InChI is InChI=1S/C24H26N10O2/c1-21(2)13(9-25)17-29-23(31-33(17)19(35)15(21)11-27)5-7-24(8-6-23)30-18-14(10-26)22(3,4)16(12-28)20(36)34(18)32-24/h15-16,29-32H,5-8H2,1-4H3. The molecule has 12 nitrogen and oxygen atoms in total. The van der Waals surface area contributed by atoms with Gasteiger partial charge >= 0.3 is 0 Å². The lowest BCUT2D eigenvalue weighted by atomic mass is 9.71. The topological polar surface area (TPSA) is 184 Å². The van der Waals surface area contributed by atoms with E-state index in [1.54, 1.807) is 27.7 Å². The number of nitrogens with zero attached hydrogens (tertiary/aromatic N) is 6. The van der Waals surface area contributed by atoms with E-state index in [9.17, 15) is 30.6 Å². The van der Waals surface area contributed by atoms with Crippen LogP contribution in [-0.4, -0.2) is 33.2 Å². The quantitative estimate of drug-likeness (QED) is 0.379. The Balaban J connectivity index is 1.43. The summed E-state index contributed by atoms with van der Waals surface area (Å²) in [4.78, 5) is 26.2. The molecule has 2 unspecified atom stereocenters. The van der Waals surface area contributed by atoms with Crippen LogP contribution in [0.3, 0.4) is 0 Å². The van der Waals surface area contributed by atoms with Gasteiger partial charge in [0.15, 0.2) is 0 Å². The molecule has 0 aromatic heterocycles. The van der Waals surface area contributed by atoms with Gasteiger partial charge in [-0.1, -0.05) is 27.7 Å².